The van der Waals surface area contributed by atoms with Crippen molar-refractivity contribution in [1.29, 1.82) is 0 Å². The molecule has 0 radical (unpaired) electrons. The summed E-state index contributed by atoms with van der Waals surface area (Å²) in [5, 5.41) is 0. The molecule has 0 fully saturated rings. The molecule has 0 saturated carbocycles. The van der Waals surface area contributed by atoms with Crippen molar-refractivity contribution in [2.24, 2.45) is 16.6 Å². The maximum atomic E-state index is 5.70. The first-order chi connectivity index (χ1) is 6.77. The fourth-order valence-corrected chi connectivity index (χ4v) is 1.66. The minimum atomic E-state index is 0.463. The number of rotatable bonds is 1. The Bertz CT molecular complexity index is 377. The van der Waals surface area contributed by atoms with E-state index in [-0.39, 0.29) is 0 Å². The van der Waals surface area contributed by atoms with Gasteiger partial charge in [0.2, 0.25) is 0 Å². The summed E-state index contributed by atoms with van der Waals surface area (Å²) in [4.78, 5) is 4.39. The van der Waals surface area contributed by atoms with E-state index in [1.165, 1.54) is 5.56 Å². The third-order valence-corrected chi connectivity index (χ3v) is 2.47. The van der Waals surface area contributed by atoms with Crippen molar-refractivity contribution in [2.75, 3.05) is 0 Å². The number of benzene rings is 1. The molecule has 2 rings (SSSR count). The molecule has 1 aliphatic heterocycles. The molecule has 2 heteroatoms. The lowest BCUT2D eigenvalue weighted by molar-refractivity contribution is 0.765. The molecule has 0 spiro atoms. The Balaban J connectivity index is 2.38. The van der Waals surface area contributed by atoms with Gasteiger partial charge in [-0.05, 0) is 18.1 Å². The first-order valence-electron chi connectivity index (χ1n) is 4.87. The molecule has 0 aliphatic carbocycles. The van der Waals surface area contributed by atoms with Gasteiger partial charge in [0.05, 0.1) is 5.71 Å². The van der Waals surface area contributed by atoms with Crippen LogP contribution in [0.5, 0.6) is 0 Å². The summed E-state index contributed by atoms with van der Waals surface area (Å²) in [5.41, 5.74) is 7.98. The lowest BCUT2D eigenvalue weighted by Crippen LogP contribution is -2.17. The molecule has 0 aromatic heterocycles. The van der Waals surface area contributed by atoms with Crippen molar-refractivity contribution in [1.82, 2.24) is 0 Å². The summed E-state index contributed by atoms with van der Waals surface area (Å²) >= 11 is 0. The highest BCUT2D eigenvalue weighted by Crippen LogP contribution is 2.19. The second kappa shape index (κ2) is 3.66. The maximum absolute atomic E-state index is 5.70. The monoisotopic (exact) mass is 186 g/mol. The van der Waals surface area contributed by atoms with Gasteiger partial charge in [0.25, 0.3) is 0 Å². The summed E-state index contributed by atoms with van der Waals surface area (Å²) in [5.74, 6) is 1.10. The number of hydrogen-bond acceptors (Lipinski definition) is 2. The minimum Gasteiger partial charge on any atom is -0.384 e. The summed E-state index contributed by atoms with van der Waals surface area (Å²) < 4.78 is 0. The fourth-order valence-electron chi connectivity index (χ4n) is 1.66. The SMILES string of the molecule is CC1CC=C(N)N=C1c1ccccc1. The van der Waals surface area contributed by atoms with Crippen molar-refractivity contribution in [3.63, 3.8) is 0 Å². The van der Waals surface area contributed by atoms with Crippen LogP contribution in [0.1, 0.15) is 18.9 Å². The fraction of sp³-hybridized carbons (Fsp3) is 0.250. The van der Waals surface area contributed by atoms with Gasteiger partial charge in [-0.1, -0.05) is 37.3 Å². The molecule has 1 atom stereocenters. The Morgan fingerprint density at radius 2 is 2.00 bits per heavy atom. The van der Waals surface area contributed by atoms with Crippen LogP contribution in [0.4, 0.5) is 0 Å². The highest BCUT2D eigenvalue weighted by atomic mass is 14.9. The van der Waals surface area contributed by atoms with Crippen LogP contribution in [0.25, 0.3) is 0 Å². The van der Waals surface area contributed by atoms with Crippen LogP contribution >= 0.6 is 0 Å². The lowest BCUT2D eigenvalue weighted by atomic mass is 9.93. The van der Waals surface area contributed by atoms with Crippen LogP contribution in [0.3, 0.4) is 0 Å². The zero-order valence-corrected chi connectivity index (χ0v) is 8.27. The molecule has 1 aromatic carbocycles. The van der Waals surface area contributed by atoms with Crippen LogP contribution in [0.15, 0.2) is 47.2 Å². The highest BCUT2D eigenvalue weighted by molar-refractivity contribution is 6.03. The van der Waals surface area contributed by atoms with E-state index in [1.807, 2.05) is 24.3 Å². The first kappa shape index (κ1) is 9.00. The molecule has 2 N–H and O–H groups in total. The van der Waals surface area contributed by atoms with E-state index in [1.54, 1.807) is 0 Å². The molecule has 1 aliphatic rings. The van der Waals surface area contributed by atoms with Gasteiger partial charge >= 0.3 is 0 Å². The Morgan fingerprint density at radius 1 is 1.29 bits per heavy atom. The van der Waals surface area contributed by atoms with Gasteiger partial charge in [0.15, 0.2) is 0 Å². The van der Waals surface area contributed by atoms with E-state index >= 15 is 0 Å². The Morgan fingerprint density at radius 3 is 2.71 bits per heavy atom. The normalized spacial score (nSPS) is 21.4. The second-order valence-corrected chi connectivity index (χ2v) is 3.63. The first-order valence-corrected chi connectivity index (χ1v) is 4.87. The van der Waals surface area contributed by atoms with Crippen molar-refractivity contribution in [2.45, 2.75) is 13.3 Å². The molecule has 1 heterocycles. The van der Waals surface area contributed by atoms with Crippen LogP contribution in [-0.2, 0) is 0 Å². The van der Waals surface area contributed by atoms with Gasteiger partial charge in [-0.3, -0.25) is 0 Å². The average Bonchev–Trinajstić information content (AvgIpc) is 2.23. The standard InChI is InChI=1S/C12H14N2/c1-9-7-8-11(13)14-12(9)10-5-3-2-4-6-10/h2-6,8-9H,7,13H2,1H3. The Labute approximate surface area is 84.2 Å². The summed E-state index contributed by atoms with van der Waals surface area (Å²) in [6.45, 7) is 2.18. The third-order valence-electron chi connectivity index (χ3n) is 2.47. The number of allylic oxidation sites excluding steroid dienone is 1. The second-order valence-electron chi connectivity index (χ2n) is 3.63. The van der Waals surface area contributed by atoms with Gasteiger partial charge < -0.3 is 5.73 Å². The van der Waals surface area contributed by atoms with E-state index in [2.05, 4.69) is 24.0 Å². The van der Waals surface area contributed by atoms with Gasteiger partial charge in [-0.25, -0.2) is 4.99 Å². The van der Waals surface area contributed by atoms with E-state index < -0.39 is 0 Å². The van der Waals surface area contributed by atoms with Gasteiger partial charge in [-0.2, -0.15) is 0 Å². The van der Waals surface area contributed by atoms with Crippen molar-refractivity contribution in [3.8, 4) is 0 Å². The van der Waals surface area contributed by atoms with Crippen molar-refractivity contribution < 1.29 is 0 Å². The average molecular weight is 186 g/mol. The Hall–Kier alpha value is -1.57. The van der Waals surface area contributed by atoms with Gasteiger partial charge in [0, 0.05) is 5.92 Å². The minimum absolute atomic E-state index is 0.463. The van der Waals surface area contributed by atoms with Gasteiger partial charge in [0.1, 0.15) is 5.82 Å². The molecule has 1 aromatic rings. The smallest absolute Gasteiger partial charge is 0.119 e. The van der Waals surface area contributed by atoms with Crippen LogP contribution in [-0.4, -0.2) is 5.71 Å². The van der Waals surface area contributed by atoms with E-state index in [4.69, 9.17) is 5.73 Å². The van der Waals surface area contributed by atoms with E-state index in [9.17, 15) is 0 Å². The predicted octanol–water partition coefficient (Wildman–Crippen LogP) is 2.32. The number of aliphatic imine (C=N–C) groups is 1. The molecule has 1 unspecified atom stereocenters. The van der Waals surface area contributed by atoms with Crippen LogP contribution in [0.2, 0.25) is 0 Å². The summed E-state index contributed by atoms with van der Waals surface area (Å²) in [7, 11) is 0. The summed E-state index contributed by atoms with van der Waals surface area (Å²) in [6, 6.07) is 10.2. The summed E-state index contributed by atoms with van der Waals surface area (Å²) in [6.07, 6.45) is 2.97. The molecule has 0 bridgehead atoms. The van der Waals surface area contributed by atoms with Crippen molar-refractivity contribution in [3.05, 3.63) is 47.8 Å². The molecule has 2 nitrogen and oxygen atoms in total. The highest BCUT2D eigenvalue weighted by Gasteiger charge is 2.15. The molecule has 0 amide bonds. The van der Waals surface area contributed by atoms with E-state index in [0.29, 0.717) is 11.7 Å². The predicted molar refractivity (Wildman–Crippen MR) is 59.0 cm³/mol. The molecule has 14 heavy (non-hydrogen) atoms. The maximum Gasteiger partial charge on any atom is 0.119 e. The molecule has 72 valence electrons. The zero-order chi connectivity index (χ0) is 9.97. The van der Waals surface area contributed by atoms with Crippen LogP contribution < -0.4 is 5.73 Å². The topological polar surface area (TPSA) is 38.4 Å². The van der Waals surface area contributed by atoms with Crippen LogP contribution in [0, 0.1) is 5.92 Å². The van der Waals surface area contributed by atoms with E-state index in [0.717, 1.165) is 12.1 Å². The molecular weight excluding hydrogens is 172 g/mol. The molecule has 0 saturated heterocycles. The quantitative estimate of drug-likeness (QED) is 0.718. The largest absolute Gasteiger partial charge is 0.384 e. The Kier molecular flexibility index (Phi) is 2.35. The third kappa shape index (κ3) is 1.69. The number of hydrogen-bond donors (Lipinski definition) is 1. The molecular formula is C12H14N2. The lowest BCUT2D eigenvalue weighted by Gasteiger charge is -2.17. The van der Waals surface area contributed by atoms with Gasteiger partial charge in [-0.15, -0.1) is 0 Å². The van der Waals surface area contributed by atoms with Crippen molar-refractivity contribution >= 4 is 5.71 Å². The zero-order valence-electron chi connectivity index (χ0n) is 8.27. The number of nitrogens with zero attached hydrogens (tertiary/aromatic N) is 1. The number of nitrogens with two attached hydrogens (primary N) is 1.